The van der Waals surface area contributed by atoms with Crippen LogP contribution in [-0.4, -0.2) is 51.0 Å². The number of aliphatic hydroxyl groups is 1. The van der Waals surface area contributed by atoms with Gasteiger partial charge in [-0.25, -0.2) is 37.9 Å². The van der Waals surface area contributed by atoms with E-state index < -0.39 is 21.9 Å². The fraction of sp³-hybridized carbons (Fsp3) is 0.222. The number of benzene rings is 1. The number of fused-ring (bicyclic) bond motifs is 1. The molecule has 0 bridgehead atoms. The van der Waals surface area contributed by atoms with E-state index in [1.54, 1.807) is 12.1 Å². The van der Waals surface area contributed by atoms with Gasteiger partial charge in [-0.3, -0.25) is 4.40 Å². The number of aromatic nitrogens is 5. The van der Waals surface area contributed by atoms with Gasteiger partial charge in [-0.1, -0.05) is 18.3 Å². The number of primary sulfonamides is 1. The van der Waals surface area contributed by atoms with Crippen molar-refractivity contribution in [1.82, 2.24) is 24.3 Å². The van der Waals surface area contributed by atoms with Crippen LogP contribution < -0.4 is 10.0 Å². The summed E-state index contributed by atoms with van der Waals surface area (Å²) in [7, 11) is -4.08. The van der Waals surface area contributed by atoms with Crippen LogP contribution in [0.15, 0.2) is 55.0 Å². The second kappa shape index (κ2) is 11.3. The number of hydrogen-bond donors (Lipinski definition) is 2. The predicted octanol–water partition coefficient (Wildman–Crippen LogP) is 3.97. The largest absolute Gasteiger partial charge is 0.394 e. The summed E-state index contributed by atoms with van der Waals surface area (Å²) in [6, 6.07) is 11.8. The summed E-state index contributed by atoms with van der Waals surface area (Å²) in [4.78, 5) is 20.3. The third-order valence-corrected chi connectivity index (χ3v) is 8.63. The Hall–Kier alpha value is -4.29. The Labute approximate surface area is 239 Å². The Bertz CT molecular complexity index is 1860. The monoisotopic (exact) mass is 592 g/mol. The molecule has 3 N–H and O–H groups in total. The number of anilines is 2. The van der Waals surface area contributed by atoms with Crippen LogP contribution in [0.5, 0.6) is 0 Å². The SMILES string of the molecule is CCc1nc2ccc(-c3cnc(C(CO)S(N)(=O)=O)nc3)cn2c1N(CC)c1nc(-c2ccc(F)cc2)c(C#N)s1. The molecule has 5 aromatic rings. The van der Waals surface area contributed by atoms with Crippen LogP contribution in [0.4, 0.5) is 15.3 Å². The zero-order valence-electron chi connectivity index (χ0n) is 22.1. The van der Waals surface area contributed by atoms with E-state index in [1.807, 2.05) is 41.5 Å². The molecule has 0 radical (unpaired) electrons. The van der Waals surface area contributed by atoms with Crippen molar-refractivity contribution in [1.29, 1.82) is 5.26 Å². The highest BCUT2D eigenvalue weighted by molar-refractivity contribution is 7.89. The van der Waals surface area contributed by atoms with E-state index in [-0.39, 0.29) is 11.6 Å². The van der Waals surface area contributed by atoms with Crippen molar-refractivity contribution in [3.8, 4) is 28.5 Å². The number of thiazole rings is 1. The van der Waals surface area contributed by atoms with Crippen molar-refractivity contribution in [3.63, 3.8) is 0 Å². The maximum Gasteiger partial charge on any atom is 0.221 e. The topological polar surface area (TPSA) is 163 Å². The first-order chi connectivity index (χ1) is 19.7. The van der Waals surface area contributed by atoms with Crippen LogP contribution in [0, 0.1) is 17.1 Å². The van der Waals surface area contributed by atoms with Gasteiger partial charge < -0.3 is 10.0 Å². The van der Waals surface area contributed by atoms with Crippen molar-refractivity contribution in [3.05, 3.63) is 77.2 Å². The van der Waals surface area contributed by atoms with Gasteiger partial charge in [0.2, 0.25) is 10.0 Å². The molecule has 41 heavy (non-hydrogen) atoms. The van der Waals surface area contributed by atoms with Crippen LogP contribution in [0.1, 0.15) is 35.5 Å². The van der Waals surface area contributed by atoms with Crippen molar-refractivity contribution < 1.29 is 17.9 Å². The number of nitriles is 1. The summed E-state index contributed by atoms with van der Waals surface area (Å²) in [5.74, 6) is 0.315. The highest BCUT2D eigenvalue weighted by Crippen LogP contribution is 2.38. The van der Waals surface area contributed by atoms with E-state index >= 15 is 0 Å². The summed E-state index contributed by atoms with van der Waals surface area (Å²) in [6.45, 7) is 3.77. The van der Waals surface area contributed by atoms with Gasteiger partial charge in [0, 0.05) is 41.8 Å². The number of aryl methyl sites for hydroxylation is 1. The highest BCUT2D eigenvalue weighted by atomic mass is 32.2. The van der Waals surface area contributed by atoms with Crippen molar-refractivity contribution >= 4 is 38.0 Å². The molecule has 5 rings (SSSR count). The summed E-state index contributed by atoms with van der Waals surface area (Å²) >= 11 is 1.25. The van der Waals surface area contributed by atoms with Crippen LogP contribution >= 0.6 is 11.3 Å². The third-order valence-electron chi connectivity index (χ3n) is 6.49. The first-order valence-electron chi connectivity index (χ1n) is 12.6. The second-order valence-corrected chi connectivity index (χ2v) is 11.7. The van der Waals surface area contributed by atoms with Crippen molar-refractivity contribution in [2.24, 2.45) is 5.14 Å². The molecule has 1 aromatic carbocycles. The summed E-state index contributed by atoms with van der Waals surface area (Å²) in [5.41, 5.74) is 4.00. The van der Waals surface area contributed by atoms with Gasteiger partial charge in [0.15, 0.2) is 10.4 Å². The number of nitrogens with zero attached hydrogens (tertiary/aromatic N) is 7. The number of rotatable bonds is 9. The minimum absolute atomic E-state index is 0.0948. The molecule has 1 atom stereocenters. The van der Waals surface area contributed by atoms with Crippen LogP contribution in [0.25, 0.3) is 28.0 Å². The maximum absolute atomic E-state index is 13.5. The van der Waals surface area contributed by atoms with E-state index in [9.17, 15) is 23.2 Å². The van der Waals surface area contributed by atoms with E-state index in [0.29, 0.717) is 45.4 Å². The number of aliphatic hydroxyl groups excluding tert-OH is 1. The number of hydrogen-bond acceptors (Lipinski definition) is 10. The zero-order chi connectivity index (χ0) is 29.3. The Balaban J connectivity index is 1.59. The molecular formula is C27H25FN8O3S2. The maximum atomic E-state index is 13.5. The molecule has 0 saturated carbocycles. The van der Waals surface area contributed by atoms with E-state index in [2.05, 4.69) is 16.0 Å². The lowest BCUT2D eigenvalue weighted by Gasteiger charge is -2.21. The van der Waals surface area contributed by atoms with Gasteiger partial charge in [-0.05, 0) is 49.7 Å². The number of imidazole rings is 1. The average Bonchev–Trinajstić information content (AvgIpc) is 3.55. The van der Waals surface area contributed by atoms with E-state index in [1.165, 1.54) is 35.9 Å². The van der Waals surface area contributed by atoms with Gasteiger partial charge in [0.25, 0.3) is 0 Å². The minimum atomic E-state index is -4.08. The fourth-order valence-corrected chi connectivity index (χ4v) is 6.01. The first kappa shape index (κ1) is 28.2. The number of nitrogens with two attached hydrogens (primary N) is 1. The van der Waals surface area contributed by atoms with Crippen molar-refractivity contribution in [2.75, 3.05) is 18.1 Å². The lowest BCUT2D eigenvalue weighted by atomic mass is 10.1. The molecule has 1 unspecified atom stereocenters. The lowest BCUT2D eigenvalue weighted by Crippen LogP contribution is -2.26. The molecule has 4 aromatic heterocycles. The molecule has 0 aliphatic heterocycles. The number of pyridine rings is 1. The van der Waals surface area contributed by atoms with Gasteiger partial charge >= 0.3 is 0 Å². The molecular weight excluding hydrogens is 567 g/mol. The summed E-state index contributed by atoms with van der Waals surface area (Å²) in [6.07, 6.45) is 5.46. The molecule has 0 aliphatic carbocycles. The van der Waals surface area contributed by atoms with Crippen LogP contribution in [0.3, 0.4) is 0 Å². The van der Waals surface area contributed by atoms with Gasteiger partial charge in [0.1, 0.15) is 39.7 Å². The third kappa shape index (κ3) is 5.40. The molecule has 210 valence electrons. The minimum Gasteiger partial charge on any atom is -0.394 e. The van der Waals surface area contributed by atoms with Gasteiger partial charge in [-0.2, -0.15) is 5.26 Å². The van der Waals surface area contributed by atoms with E-state index in [0.717, 1.165) is 17.1 Å². The van der Waals surface area contributed by atoms with Crippen LogP contribution in [0.2, 0.25) is 0 Å². The molecule has 11 nitrogen and oxygen atoms in total. The molecule has 0 amide bonds. The standard InChI is InChI=1S/C27H25FN8O3S2/c1-3-20-26(35(4-2)27-34-24(21(11-29)40-27)16-5-8-19(28)9-6-16)36-14-17(7-10-23(36)33-20)18-12-31-25(32-13-18)22(15-37)41(30,38)39/h5-10,12-14,22,37H,3-4,15H2,1-2H3,(H2,30,38,39). The fourth-order valence-electron chi connectivity index (χ4n) is 4.44. The van der Waals surface area contributed by atoms with Crippen LogP contribution in [-0.2, 0) is 16.4 Å². The van der Waals surface area contributed by atoms with Gasteiger partial charge in [-0.15, -0.1) is 0 Å². The summed E-state index contributed by atoms with van der Waals surface area (Å²) < 4.78 is 39.0. The average molecular weight is 593 g/mol. The van der Waals surface area contributed by atoms with Gasteiger partial charge in [0.05, 0.1) is 12.3 Å². The smallest absolute Gasteiger partial charge is 0.221 e. The quantitative estimate of drug-likeness (QED) is 0.258. The Morgan fingerprint density at radius 3 is 2.37 bits per heavy atom. The second-order valence-electron chi connectivity index (χ2n) is 9.01. The Morgan fingerprint density at radius 2 is 1.78 bits per heavy atom. The Kier molecular flexibility index (Phi) is 7.78. The number of halogens is 1. The lowest BCUT2D eigenvalue weighted by molar-refractivity contribution is 0.288. The van der Waals surface area contributed by atoms with E-state index in [4.69, 9.17) is 15.1 Å². The summed E-state index contributed by atoms with van der Waals surface area (Å²) in [5, 5.41) is 23.7. The molecule has 0 spiro atoms. The molecule has 14 heteroatoms. The zero-order valence-corrected chi connectivity index (χ0v) is 23.7. The van der Waals surface area contributed by atoms with Crippen molar-refractivity contribution in [2.45, 2.75) is 25.5 Å². The normalized spacial score (nSPS) is 12.4. The first-order valence-corrected chi connectivity index (χ1v) is 15.0. The number of sulfonamides is 1. The predicted molar refractivity (Wildman–Crippen MR) is 153 cm³/mol. The Morgan fingerprint density at radius 1 is 1.10 bits per heavy atom. The molecule has 0 saturated heterocycles. The molecule has 0 fully saturated rings. The molecule has 0 aliphatic rings. The molecule has 4 heterocycles. The highest BCUT2D eigenvalue weighted by Gasteiger charge is 2.26.